The van der Waals surface area contributed by atoms with E-state index in [0.717, 1.165) is 23.1 Å². The van der Waals surface area contributed by atoms with Crippen LogP contribution in [0.5, 0.6) is 0 Å². The average Bonchev–Trinajstić information content (AvgIpc) is 0.889. The van der Waals surface area contributed by atoms with Gasteiger partial charge in [-0.25, -0.2) is 9.59 Å². The van der Waals surface area contributed by atoms with Gasteiger partial charge in [0.2, 0.25) is 0 Å². The fourth-order valence-corrected chi connectivity index (χ4v) is 17.6. The Balaban J connectivity index is 0.000000211. The van der Waals surface area contributed by atoms with E-state index in [9.17, 15) is 49.8 Å². The summed E-state index contributed by atoms with van der Waals surface area (Å²) in [6, 6.07) is 17.1. The van der Waals surface area contributed by atoms with Crippen molar-refractivity contribution in [1.29, 1.82) is 0 Å². The molecule has 5 saturated carbocycles. The van der Waals surface area contributed by atoms with Gasteiger partial charge in [-0.05, 0) is 99.3 Å². The van der Waals surface area contributed by atoms with E-state index >= 15 is 0 Å². The molecule has 4 bridgehead atoms. The second-order valence-electron chi connectivity index (χ2n) is 26.8. The molecule has 20 heteroatoms. The summed E-state index contributed by atoms with van der Waals surface area (Å²) in [4.78, 5) is 52.8. The highest BCUT2D eigenvalue weighted by Gasteiger charge is 2.80. The van der Waals surface area contributed by atoms with Crippen LogP contribution in [-0.4, -0.2) is 145 Å². The second-order valence-corrected chi connectivity index (χ2v) is 26.8. The zero-order chi connectivity index (χ0) is 61.1. The molecule has 84 heavy (non-hydrogen) atoms. The standard InChI is InChI=1S/C34H44O8.C30H40O9.I2.HI/c1-8-24-39-26-25-19(3)18(2)17-34(38,31(25,5)6)29(41-30(37)21-12-10-9-11-13-21)27-32(7,28(26)40-24)23(36)16-22-14-15-33(22,27)42-20(4)35;1-15-13-30(36)25(38-26(35)18-10-8-7-9-11-18)23-28(6,24(34)22(33)21(16(15)2)27(30,4)5)19(32)12-20-29(23,14-37-20)39-17(3)31;1-2;/h8-13,18,22-24,26-29,36,38H,1,14-17H2,2-7H3;7-11,15,19-20,22-25,32-34,36H,12-14H2,1-6H3;;1H/t18-,22?,23-,24?,26+,27-,28+,29-,32+,33-,34+;15-,19-,20?,22+,23-,24+,25-,28+,29-,30+;;/m00../s1. The van der Waals surface area contributed by atoms with E-state index in [-0.39, 0.29) is 66.7 Å². The predicted molar refractivity (Wildman–Crippen MR) is 337 cm³/mol. The van der Waals surface area contributed by atoms with Gasteiger partial charge in [0.15, 0.2) is 11.9 Å². The van der Waals surface area contributed by atoms with Crippen LogP contribution in [-0.2, 0) is 42.7 Å². The predicted octanol–water partition coefficient (Wildman–Crippen LogP) is 9.27. The van der Waals surface area contributed by atoms with Crippen LogP contribution in [0, 0.1) is 51.2 Å². The number of carbonyl (C=O) groups is 4. The third-order valence-electron chi connectivity index (χ3n) is 22.3. The zero-order valence-electron chi connectivity index (χ0n) is 50.0. The Kier molecular flexibility index (Phi) is 19.2. The third kappa shape index (κ3) is 9.95. The van der Waals surface area contributed by atoms with Crippen LogP contribution >= 0.6 is 61.2 Å². The van der Waals surface area contributed by atoms with Crippen LogP contribution in [0.25, 0.3) is 0 Å². The van der Waals surface area contributed by atoms with Crippen LogP contribution in [0.3, 0.4) is 0 Å². The smallest absolute Gasteiger partial charge is 0.338 e. The summed E-state index contributed by atoms with van der Waals surface area (Å²) in [5, 5.41) is 73.4. The van der Waals surface area contributed by atoms with Crippen molar-refractivity contribution in [2.24, 2.45) is 51.2 Å². The Morgan fingerprint density at radius 2 is 1.12 bits per heavy atom. The van der Waals surface area contributed by atoms with Gasteiger partial charge in [0.05, 0.1) is 48.1 Å². The monoisotopic (exact) mass is 1510 g/mol. The number of hydrogen-bond acceptors (Lipinski definition) is 17. The van der Waals surface area contributed by atoms with Crippen molar-refractivity contribution in [1.82, 2.24) is 0 Å². The molecule has 17 nitrogen and oxygen atoms in total. The molecule has 21 atom stereocenters. The van der Waals surface area contributed by atoms with Gasteiger partial charge >= 0.3 is 23.9 Å². The molecule has 2 aliphatic heterocycles. The van der Waals surface area contributed by atoms with E-state index in [1.807, 2.05) is 40.7 Å². The molecule has 0 amide bonds. The Labute approximate surface area is 533 Å². The van der Waals surface area contributed by atoms with Crippen LogP contribution in [0.1, 0.15) is 142 Å². The normalized spacial score (nSPS) is 43.4. The number of fused-ring (bicyclic) bond motifs is 13. The second kappa shape index (κ2) is 24.0. The van der Waals surface area contributed by atoms with E-state index in [0.29, 0.717) is 30.4 Å². The SMILES string of the molecule is C=CC1O[C@@H]2C3=C(C)[C@@H](C)C[C@@](O)([C@@H](OC(=O)c4ccccc4)[C@H]4[C@](C)([C@@H]2O1)[C@@H](O)CC1CC[C@]14OC(C)=O)C3(C)C.CC(=O)O[C@@]12COC1C[C@H](O)[C@@]1(C)[C@H](O)[C@H](O)C3=C(C)[C@@H](C)C[C@@](O)([C@@H](OC(=O)c4ccccc4)[C@@H]12)C3(C)C.I.II. The fraction of sp³-hybridized carbons (Fsp3) is 0.656. The number of carbonyl (C=O) groups excluding carboxylic acids is 4. The molecular weight excluding hydrogens is 1420 g/mol. The van der Waals surface area contributed by atoms with E-state index in [2.05, 4.69) is 57.7 Å². The third-order valence-corrected chi connectivity index (χ3v) is 22.3. The first-order valence-corrected chi connectivity index (χ1v) is 35.3. The van der Waals surface area contributed by atoms with Gasteiger partial charge in [-0.15, -0.1) is 24.0 Å². The van der Waals surface area contributed by atoms with Crippen LogP contribution in [0.15, 0.2) is 95.6 Å². The number of aliphatic hydroxyl groups is 6. The first-order valence-electron chi connectivity index (χ1n) is 29.0. The Bertz CT molecular complexity index is 2920. The lowest BCUT2D eigenvalue weighted by atomic mass is 9.40. The number of benzene rings is 2. The number of aliphatic hydroxyl groups excluding tert-OH is 4. The number of allylic oxidation sites excluding steroid dienone is 2. The van der Waals surface area contributed by atoms with Crippen molar-refractivity contribution in [3.63, 3.8) is 0 Å². The number of ether oxygens (including phenoxy) is 7. The number of rotatable bonds is 7. The summed E-state index contributed by atoms with van der Waals surface area (Å²) in [6.07, 6.45) is -6.59. The minimum Gasteiger partial charge on any atom is -0.458 e. The summed E-state index contributed by atoms with van der Waals surface area (Å²) in [5.74, 6) is -4.69. The summed E-state index contributed by atoms with van der Waals surface area (Å²) < 4.78 is 44.0. The van der Waals surface area contributed by atoms with Crippen LogP contribution < -0.4 is 0 Å². The van der Waals surface area contributed by atoms with Gasteiger partial charge < -0.3 is 63.8 Å². The lowest BCUT2D eigenvalue weighted by molar-refractivity contribution is -0.364. The van der Waals surface area contributed by atoms with Crippen LogP contribution in [0.4, 0.5) is 0 Å². The largest absolute Gasteiger partial charge is 0.458 e. The van der Waals surface area contributed by atoms with Crippen molar-refractivity contribution < 1.29 is 83.0 Å². The lowest BCUT2D eigenvalue weighted by Gasteiger charge is -2.69. The topological polar surface area (TPSA) is 254 Å². The molecule has 2 aromatic carbocycles. The minimum atomic E-state index is -1.77. The highest BCUT2D eigenvalue weighted by Crippen LogP contribution is 2.70. The molecule has 7 fully saturated rings. The average molecular weight is 1510 g/mol. The molecule has 2 aromatic rings. The van der Waals surface area contributed by atoms with E-state index in [1.54, 1.807) is 81.4 Å². The first-order chi connectivity index (χ1) is 38.8. The molecule has 3 unspecified atom stereocenters. The molecular formula is C64H85I3O17. The van der Waals surface area contributed by atoms with Crippen molar-refractivity contribution in [3.05, 3.63) is 107 Å². The van der Waals surface area contributed by atoms with Gasteiger partial charge in [0.1, 0.15) is 47.3 Å². The van der Waals surface area contributed by atoms with Gasteiger partial charge in [0.25, 0.3) is 0 Å². The maximum Gasteiger partial charge on any atom is 0.338 e. The molecule has 2 heterocycles. The fourth-order valence-electron chi connectivity index (χ4n) is 17.6. The molecule has 6 N–H and O–H groups in total. The minimum absolute atomic E-state index is 0. The van der Waals surface area contributed by atoms with Gasteiger partial charge in [-0.1, -0.05) is 110 Å². The first kappa shape index (κ1) is 67.3. The molecule has 9 aliphatic rings. The molecule has 0 aromatic heterocycles. The molecule has 0 radical (unpaired) electrons. The molecule has 7 aliphatic carbocycles. The Morgan fingerprint density at radius 3 is 1.56 bits per heavy atom. The van der Waals surface area contributed by atoms with Crippen molar-refractivity contribution in [3.8, 4) is 0 Å². The number of esters is 4. The molecule has 0 spiro atoms. The highest BCUT2D eigenvalue weighted by atomic mass is 128. The maximum absolute atomic E-state index is 13.9. The Morgan fingerprint density at radius 1 is 0.667 bits per heavy atom. The quantitative estimate of drug-likeness (QED) is 0.0653. The summed E-state index contributed by atoms with van der Waals surface area (Å²) >= 11 is 4.24. The Hall–Kier alpha value is -2.63. The van der Waals surface area contributed by atoms with Crippen LogP contribution in [0.2, 0.25) is 0 Å². The van der Waals surface area contributed by atoms with Crippen molar-refractivity contribution >= 4 is 85.1 Å². The van der Waals surface area contributed by atoms with Gasteiger partial charge in [-0.3, -0.25) is 9.59 Å². The maximum atomic E-state index is 13.9. The van der Waals surface area contributed by atoms with E-state index in [4.69, 9.17) is 33.2 Å². The van der Waals surface area contributed by atoms with Gasteiger partial charge in [0, 0.05) is 91.0 Å². The zero-order valence-corrected chi connectivity index (χ0v) is 56.7. The van der Waals surface area contributed by atoms with Gasteiger partial charge in [-0.2, -0.15) is 0 Å². The van der Waals surface area contributed by atoms with Crippen molar-refractivity contribution in [2.75, 3.05) is 6.61 Å². The highest BCUT2D eigenvalue weighted by molar-refractivity contribution is 15.0. The summed E-state index contributed by atoms with van der Waals surface area (Å²) in [7, 11) is 0. The number of hydrogen-bond donors (Lipinski definition) is 6. The number of halogens is 3. The summed E-state index contributed by atoms with van der Waals surface area (Å²) in [6.45, 7) is 25.4. The lowest BCUT2D eigenvalue weighted by Crippen LogP contribution is -2.82. The van der Waals surface area contributed by atoms with E-state index < -0.39 is 141 Å². The molecule has 2 saturated heterocycles. The molecule has 11 rings (SSSR count). The van der Waals surface area contributed by atoms with E-state index in [1.165, 1.54) is 13.8 Å². The summed E-state index contributed by atoms with van der Waals surface area (Å²) in [5.41, 5.74) is -6.77. The molecule has 464 valence electrons. The van der Waals surface area contributed by atoms with Crippen molar-refractivity contribution in [2.45, 2.75) is 205 Å².